The number of thiophene rings is 1. The van der Waals surface area contributed by atoms with Crippen molar-refractivity contribution in [3.05, 3.63) is 45.8 Å². The first-order chi connectivity index (χ1) is 30.4. The molecule has 2 aromatic carbocycles. The van der Waals surface area contributed by atoms with Crippen molar-refractivity contribution in [3.63, 3.8) is 0 Å². The molecule has 352 valence electrons. The Bertz CT molecular complexity index is 2140. The summed E-state index contributed by atoms with van der Waals surface area (Å²) in [5.74, 6) is -3.71. The normalized spacial score (nSPS) is 12.5. The standard InChI is InChI=1S/C44H57F2N3O14S/c1-8-59-37(53)12-10-30(50)34-21-28-33(64-34)22-32(57-7)42(39(28)45)61-17-9-16-60-41-31(56-6)20-27-24-49(25-29(27)40(41)46)36(52)11-13-38(54)62-26(2)23-48-35(51)14-18-58-19-15-47-43(55)63-44(3,4)5/h20-22,26H,8-19,23-25H2,1-7H3,(H,47,55)(H,48,51)/t26-/m0/s1. The topological polar surface area (TPSA) is 204 Å². The molecule has 3 aromatic rings. The molecule has 1 atom stereocenters. The fraction of sp³-hybridized carbons (Fsp3) is 0.545. The van der Waals surface area contributed by atoms with Gasteiger partial charge in [-0.1, -0.05) is 0 Å². The molecule has 0 spiro atoms. The van der Waals surface area contributed by atoms with Crippen LogP contribution in [0.5, 0.6) is 23.0 Å². The van der Waals surface area contributed by atoms with Crippen LogP contribution in [0.3, 0.4) is 0 Å². The number of carbonyl (C=O) groups excluding carboxylic acids is 6. The summed E-state index contributed by atoms with van der Waals surface area (Å²) in [6.45, 7) is 9.23. The van der Waals surface area contributed by atoms with Gasteiger partial charge in [0, 0.05) is 67.0 Å². The predicted molar refractivity (Wildman–Crippen MR) is 229 cm³/mol. The summed E-state index contributed by atoms with van der Waals surface area (Å²) in [4.78, 5) is 75.5. The second kappa shape index (κ2) is 24.3. The van der Waals surface area contributed by atoms with Crippen LogP contribution in [-0.4, -0.2) is 113 Å². The molecule has 17 nitrogen and oxygen atoms in total. The van der Waals surface area contributed by atoms with Gasteiger partial charge in [-0.3, -0.25) is 24.0 Å². The predicted octanol–water partition coefficient (Wildman–Crippen LogP) is 6.17. The van der Waals surface area contributed by atoms with Crippen molar-refractivity contribution in [3.8, 4) is 23.0 Å². The van der Waals surface area contributed by atoms with E-state index in [1.807, 2.05) is 0 Å². The molecule has 3 amide bonds. The van der Waals surface area contributed by atoms with E-state index >= 15 is 8.78 Å². The van der Waals surface area contributed by atoms with Gasteiger partial charge in [0.25, 0.3) is 0 Å². The van der Waals surface area contributed by atoms with Gasteiger partial charge < -0.3 is 53.4 Å². The van der Waals surface area contributed by atoms with Crippen molar-refractivity contribution < 1.29 is 75.4 Å². The van der Waals surface area contributed by atoms with E-state index in [1.165, 1.54) is 25.2 Å². The minimum absolute atomic E-state index is 0.0457. The van der Waals surface area contributed by atoms with E-state index in [0.717, 1.165) is 11.3 Å². The van der Waals surface area contributed by atoms with Crippen LogP contribution in [0.25, 0.3) is 10.1 Å². The third kappa shape index (κ3) is 15.2. The minimum atomic E-state index is -0.725. The highest BCUT2D eigenvalue weighted by atomic mass is 32.1. The van der Waals surface area contributed by atoms with Crippen LogP contribution in [0, 0.1) is 11.6 Å². The molecule has 0 fully saturated rings. The zero-order valence-corrected chi connectivity index (χ0v) is 38.1. The zero-order valence-electron chi connectivity index (χ0n) is 37.2. The fourth-order valence-electron chi connectivity index (χ4n) is 6.27. The van der Waals surface area contributed by atoms with E-state index in [9.17, 15) is 28.8 Å². The van der Waals surface area contributed by atoms with Crippen molar-refractivity contribution in [1.82, 2.24) is 15.5 Å². The second-order valence-corrected chi connectivity index (χ2v) is 16.6. The fourth-order valence-corrected chi connectivity index (χ4v) is 7.32. The monoisotopic (exact) mass is 921 g/mol. The van der Waals surface area contributed by atoms with Gasteiger partial charge in [-0.2, -0.15) is 0 Å². The number of nitrogens with one attached hydrogen (secondary N) is 2. The lowest BCUT2D eigenvalue weighted by atomic mass is 10.1. The lowest BCUT2D eigenvalue weighted by molar-refractivity contribution is -0.150. The molecule has 1 aromatic heterocycles. The number of Topliss-reactive ketones (excluding diaryl/α,β-unsaturated/α-hetero) is 1. The molecule has 0 saturated heterocycles. The first-order valence-electron chi connectivity index (χ1n) is 20.9. The van der Waals surface area contributed by atoms with Crippen LogP contribution in [0.2, 0.25) is 0 Å². The van der Waals surface area contributed by atoms with Crippen molar-refractivity contribution >= 4 is 57.1 Å². The van der Waals surface area contributed by atoms with Gasteiger partial charge in [0.2, 0.25) is 11.8 Å². The summed E-state index contributed by atoms with van der Waals surface area (Å²) in [6.07, 6.45) is -1.56. The van der Waals surface area contributed by atoms with E-state index in [1.54, 1.807) is 46.8 Å². The first-order valence-corrected chi connectivity index (χ1v) is 21.7. The summed E-state index contributed by atoms with van der Waals surface area (Å²) >= 11 is 1.07. The number of halogens is 2. The number of carbonyl (C=O) groups is 6. The Labute approximate surface area is 374 Å². The van der Waals surface area contributed by atoms with Gasteiger partial charge >= 0.3 is 18.0 Å². The first kappa shape index (κ1) is 50.9. The average molecular weight is 922 g/mol. The largest absolute Gasteiger partial charge is 0.493 e. The summed E-state index contributed by atoms with van der Waals surface area (Å²) in [5.41, 5.74) is 0.144. The molecule has 2 N–H and O–H groups in total. The van der Waals surface area contributed by atoms with Crippen LogP contribution in [0.15, 0.2) is 18.2 Å². The van der Waals surface area contributed by atoms with Crippen molar-refractivity contribution in [1.29, 1.82) is 0 Å². The molecule has 4 rings (SSSR count). The van der Waals surface area contributed by atoms with E-state index in [0.29, 0.717) is 10.3 Å². The van der Waals surface area contributed by atoms with Crippen LogP contribution < -0.4 is 29.6 Å². The van der Waals surface area contributed by atoms with Crippen LogP contribution in [0.4, 0.5) is 13.6 Å². The maximum atomic E-state index is 15.9. The number of alkyl carbamates (subject to hydrolysis) is 1. The van der Waals surface area contributed by atoms with Gasteiger partial charge in [-0.15, -0.1) is 11.3 Å². The van der Waals surface area contributed by atoms with Crippen LogP contribution in [-0.2, 0) is 51.2 Å². The van der Waals surface area contributed by atoms with Gasteiger partial charge in [-0.05, 0) is 52.3 Å². The van der Waals surface area contributed by atoms with Crippen LogP contribution in [0.1, 0.15) is 93.9 Å². The average Bonchev–Trinajstić information content (AvgIpc) is 3.88. The number of rotatable bonds is 25. The minimum Gasteiger partial charge on any atom is -0.493 e. The summed E-state index contributed by atoms with van der Waals surface area (Å²) < 4.78 is 75.0. The molecule has 1 aliphatic rings. The second-order valence-electron chi connectivity index (χ2n) is 15.5. The molecule has 64 heavy (non-hydrogen) atoms. The van der Waals surface area contributed by atoms with Crippen molar-refractivity contribution in [2.75, 3.05) is 60.3 Å². The molecule has 0 aliphatic carbocycles. The Morgan fingerprint density at radius 2 is 1.48 bits per heavy atom. The molecular weight excluding hydrogens is 865 g/mol. The number of hydrogen-bond acceptors (Lipinski definition) is 15. The Balaban J connectivity index is 1.18. The number of amides is 3. The van der Waals surface area contributed by atoms with Gasteiger partial charge in [0.15, 0.2) is 40.4 Å². The number of benzene rings is 2. The van der Waals surface area contributed by atoms with E-state index in [2.05, 4.69) is 10.6 Å². The smallest absolute Gasteiger partial charge is 0.407 e. The molecule has 0 saturated carbocycles. The number of hydrogen-bond donors (Lipinski definition) is 2. The SMILES string of the molecule is CCOC(=O)CCC(=O)c1cc2c(F)c(OCCCOc3c(OC)cc4c(c3F)CN(C(=O)CCC(=O)O[C@@H](C)CNC(=O)CCOCCNC(=O)OC(C)(C)C)C4)c(OC)cc2s1. The zero-order chi connectivity index (χ0) is 47.0. The highest BCUT2D eigenvalue weighted by molar-refractivity contribution is 7.20. The third-order valence-corrected chi connectivity index (χ3v) is 10.5. The summed E-state index contributed by atoms with van der Waals surface area (Å²) in [6, 6.07) is 4.56. The number of nitrogens with zero attached hydrogens (tertiary/aromatic N) is 1. The lowest BCUT2D eigenvalue weighted by Crippen LogP contribution is -2.35. The number of methoxy groups -OCH3 is 2. The lowest BCUT2D eigenvalue weighted by Gasteiger charge is -2.19. The quantitative estimate of drug-likeness (QED) is 0.0423. The van der Waals surface area contributed by atoms with Crippen molar-refractivity contribution in [2.24, 2.45) is 0 Å². The summed E-state index contributed by atoms with van der Waals surface area (Å²) in [5, 5.41) is 5.36. The number of esters is 2. The molecule has 0 bridgehead atoms. The molecule has 1 aliphatic heterocycles. The Morgan fingerprint density at radius 3 is 2.16 bits per heavy atom. The van der Waals surface area contributed by atoms with Gasteiger partial charge in [-0.25, -0.2) is 13.6 Å². The Hall–Kier alpha value is -5.76. The number of ketones is 1. The number of fused-ring (bicyclic) bond motifs is 2. The highest BCUT2D eigenvalue weighted by Gasteiger charge is 2.31. The van der Waals surface area contributed by atoms with E-state index in [-0.39, 0.29) is 148 Å². The molecule has 2 heterocycles. The highest BCUT2D eigenvalue weighted by Crippen LogP contribution is 2.41. The molecular formula is C44H57F2N3O14S. The number of ether oxygens (including phenoxy) is 8. The molecule has 20 heteroatoms. The van der Waals surface area contributed by atoms with Gasteiger partial charge in [0.05, 0.1) is 71.5 Å². The summed E-state index contributed by atoms with van der Waals surface area (Å²) in [7, 11) is 2.71. The van der Waals surface area contributed by atoms with Crippen LogP contribution >= 0.6 is 11.3 Å². The third-order valence-electron chi connectivity index (χ3n) is 9.33. The van der Waals surface area contributed by atoms with E-state index in [4.69, 9.17) is 37.9 Å². The Morgan fingerprint density at radius 1 is 0.812 bits per heavy atom. The van der Waals surface area contributed by atoms with Gasteiger partial charge in [0.1, 0.15) is 11.7 Å². The Kier molecular flexibility index (Phi) is 19.4. The molecule has 0 radical (unpaired) electrons. The van der Waals surface area contributed by atoms with E-state index < -0.39 is 47.3 Å². The maximum Gasteiger partial charge on any atom is 0.407 e. The van der Waals surface area contributed by atoms with Crippen molar-refractivity contribution in [2.45, 2.75) is 97.9 Å². The molecule has 0 unspecified atom stereocenters. The maximum absolute atomic E-state index is 15.9.